The molecule has 0 radical (unpaired) electrons. The van der Waals surface area contributed by atoms with Crippen molar-refractivity contribution in [3.05, 3.63) is 12.2 Å². The standard InChI is InChI=1S/C18H34O4Si/c1-14(2)23(15(3)4,16(5)6)13-9-7-8-12-22-18(21)11-10-17(19)20/h10-11,14-16H,7-9,12-13H2,1-6H3,(H,19,20)/b11-10+. The lowest BCUT2D eigenvalue weighted by Crippen LogP contribution is -2.44. The molecule has 0 aliphatic heterocycles. The summed E-state index contributed by atoms with van der Waals surface area (Å²) in [6.07, 6.45) is 4.83. The Labute approximate surface area is 142 Å². The summed E-state index contributed by atoms with van der Waals surface area (Å²) in [4.78, 5) is 21.5. The molecular formula is C18H34O4Si. The molecule has 0 amide bonds. The maximum atomic E-state index is 11.2. The minimum atomic E-state index is -1.32. The van der Waals surface area contributed by atoms with Gasteiger partial charge in [-0.15, -0.1) is 0 Å². The van der Waals surface area contributed by atoms with Crippen LogP contribution in [0.2, 0.25) is 22.7 Å². The number of carbonyl (C=O) groups excluding carboxylic acids is 1. The van der Waals surface area contributed by atoms with Gasteiger partial charge in [0, 0.05) is 12.2 Å². The molecule has 0 fully saturated rings. The zero-order valence-corrected chi connectivity index (χ0v) is 16.6. The molecule has 0 aliphatic rings. The van der Waals surface area contributed by atoms with Gasteiger partial charge in [0.05, 0.1) is 14.7 Å². The Morgan fingerprint density at radius 2 is 1.43 bits per heavy atom. The van der Waals surface area contributed by atoms with Crippen molar-refractivity contribution < 1.29 is 19.4 Å². The SMILES string of the molecule is CC(C)[Si](CCCCCOC(=O)/C=C/C(=O)O)(C(C)C)C(C)C. The van der Waals surface area contributed by atoms with E-state index >= 15 is 0 Å². The van der Waals surface area contributed by atoms with Crippen LogP contribution in [0.5, 0.6) is 0 Å². The van der Waals surface area contributed by atoms with Crippen LogP contribution in [0.4, 0.5) is 0 Å². The highest BCUT2D eigenvalue weighted by Crippen LogP contribution is 2.45. The molecule has 23 heavy (non-hydrogen) atoms. The Bertz CT molecular complexity index is 378. The van der Waals surface area contributed by atoms with Crippen LogP contribution in [0, 0.1) is 0 Å². The maximum absolute atomic E-state index is 11.2. The second-order valence-electron chi connectivity index (χ2n) is 7.23. The summed E-state index contributed by atoms with van der Waals surface area (Å²) in [5.41, 5.74) is 2.34. The third-order valence-corrected chi connectivity index (χ3v) is 12.8. The predicted molar refractivity (Wildman–Crippen MR) is 97.4 cm³/mol. The van der Waals surface area contributed by atoms with Crippen LogP contribution in [0.15, 0.2) is 12.2 Å². The molecule has 0 heterocycles. The van der Waals surface area contributed by atoms with E-state index in [2.05, 4.69) is 41.5 Å². The molecule has 0 saturated heterocycles. The third-order valence-electron chi connectivity index (χ3n) is 5.09. The lowest BCUT2D eigenvalue weighted by molar-refractivity contribution is -0.138. The van der Waals surface area contributed by atoms with E-state index in [4.69, 9.17) is 9.84 Å². The van der Waals surface area contributed by atoms with E-state index in [9.17, 15) is 9.59 Å². The highest BCUT2D eigenvalue weighted by atomic mass is 28.3. The summed E-state index contributed by atoms with van der Waals surface area (Å²) in [5.74, 6) is -1.72. The van der Waals surface area contributed by atoms with E-state index < -0.39 is 20.0 Å². The second kappa shape index (κ2) is 10.6. The van der Waals surface area contributed by atoms with Crippen LogP contribution >= 0.6 is 0 Å². The number of rotatable bonds is 11. The van der Waals surface area contributed by atoms with Crippen molar-refractivity contribution in [2.75, 3.05) is 6.61 Å². The average molecular weight is 343 g/mol. The molecule has 4 nitrogen and oxygen atoms in total. The topological polar surface area (TPSA) is 63.6 Å². The van der Waals surface area contributed by atoms with Gasteiger partial charge in [0.15, 0.2) is 0 Å². The predicted octanol–water partition coefficient (Wildman–Crippen LogP) is 5.02. The lowest BCUT2D eigenvalue weighted by atomic mass is 10.3. The molecule has 0 atom stereocenters. The minimum Gasteiger partial charge on any atom is -0.478 e. The number of ether oxygens (including phenoxy) is 1. The summed E-state index contributed by atoms with van der Waals surface area (Å²) in [6.45, 7) is 14.6. The van der Waals surface area contributed by atoms with Crippen LogP contribution in [0.1, 0.15) is 60.8 Å². The smallest absolute Gasteiger partial charge is 0.331 e. The van der Waals surface area contributed by atoms with Crippen molar-refractivity contribution in [1.29, 1.82) is 0 Å². The van der Waals surface area contributed by atoms with Gasteiger partial charge in [0.1, 0.15) is 0 Å². The number of carbonyl (C=O) groups is 2. The minimum absolute atomic E-state index is 0.363. The van der Waals surface area contributed by atoms with Gasteiger partial charge < -0.3 is 9.84 Å². The Hall–Kier alpha value is -1.10. The summed E-state index contributed by atoms with van der Waals surface area (Å²) in [6, 6.07) is 1.33. The Morgan fingerprint density at radius 1 is 0.913 bits per heavy atom. The Morgan fingerprint density at radius 3 is 1.87 bits per heavy atom. The molecule has 0 aromatic heterocycles. The summed E-state index contributed by atoms with van der Waals surface area (Å²) in [7, 11) is -1.32. The monoisotopic (exact) mass is 342 g/mol. The number of carboxylic acid groups (broad SMARTS) is 1. The number of hydrogen-bond acceptors (Lipinski definition) is 3. The van der Waals surface area contributed by atoms with E-state index in [-0.39, 0.29) is 0 Å². The molecule has 0 aromatic carbocycles. The van der Waals surface area contributed by atoms with Crippen molar-refractivity contribution in [2.24, 2.45) is 0 Å². The molecule has 0 unspecified atom stereocenters. The molecule has 0 aromatic rings. The van der Waals surface area contributed by atoms with Crippen molar-refractivity contribution in [1.82, 2.24) is 0 Å². The normalized spacial score (nSPS) is 12.6. The van der Waals surface area contributed by atoms with Crippen LogP contribution in [-0.4, -0.2) is 31.7 Å². The number of aliphatic carboxylic acids is 1. The third kappa shape index (κ3) is 7.33. The van der Waals surface area contributed by atoms with Crippen molar-refractivity contribution in [3.63, 3.8) is 0 Å². The van der Waals surface area contributed by atoms with E-state index in [1.807, 2.05) is 0 Å². The van der Waals surface area contributed by atoms with Crippen LogP contribution in [-0.2, 0) is 14.3 Å². The van der Waals surface area contributed by atoms with Crippen LogP contribution in [0.25, 0.3) is 0 Å². The maximum Gasteiger partial charge on any atom is 0.331 e. The van der Waals surface area contributed by atoms with E-state index in [1.165, 1.54) is 12.5 Å². The van der Waals surface area contributed by atoms with Gasteiger partial charge in [-0.1, -0.05) is 77.1 Å². The van der Waals surface area contributed by atoms with Crippen LogP contribution < -0.4 is 0 Å². The van der Waals surface area contributed by atoms with E-state index in [0.29, 0.717) is 6.61 Å². The highest BCUT2D eigenvalue weighted by molar-refractivity contribution is 6.83. The number of unbranched alkanes of at least 4 members (excludes halogenated alkanes) is 2. The van der Waals surface area contributed by atoms with Gasteiger partial charge >= 0.3 is 11.9 Å². The zero-order valence-electron chi connectivity index (χ0n) is 15.6. The van der Waals surface area contributed by atoms with Gasteiger partial charge in [-0.25, -0.2) is 9.59 Å². The summed E-state index contributed by atoms with van der Waals surface area (Å²) in [5, 5.41) is 8.42. The van der Waals surface area contributed by atoms with Crippen molar-refractivity contribution in [3.8, 4) is 0 Å². The first kappa shape index (κ1) is 21.9. The molecule has 0 spiro atoms. The van der Waals surface area contributed by atoms with Crippen molar-refractivity contribution >= 4 is 20.0 Å². The second-order valence-corrected chi connectivity index (χ2v) is 13.4. The highest BCUT2D eigenvalue weighted by Gasteiger charge is 2.41. The summed E-state index contributed by atoms with van der Waals surface area (Å²) < 4.78 is 4.99. The van der Waals surface area contributed by atoms with Gasteiger partial charge in [0.25, 0.3) is 0 Å². The van der Waals surface area contributed by atoms with Gasteiger partial charge in [-0.2, -0.15) is 0 Å². The van der Waals surface area contributed by atoms with E-state index in [0.717, 1.165) is 41.6 Å². The first-order chi connectivity index (χ1) is 10.6. The van der Waals surface area contributed by atoms with Gasteiger partial charge in [-0.3, -0.25) is 0 Å². The summed E-state index contributed by atoms with van der Waals surface area (Å²) >= 11 is 0. The molecular weight excluding hydrogens is 308 g/mol. The zero-order chi connectivity index (χ0) is 18.0. The molecule has 5 heteroatoms. The molecule has 134 valence electrons. The lowest BCUT2D eigenvalue weighted by Gasteiger charge is -2.43. The Kier molecular flexibility index (Phi) is 10.1. The molecule has 0 saturated carbocycles. The molecule has 0 bridgehead atoms. The van der Waals surface area contributed by atoms with Gasteiger partial charge in [0.2, 0.25) is 0 Å². The quantitative estimate of drug-likeness (QED) is 0.248. The van der Waals surface area contributed by atoms with Crippen molar-refractivity contribution in [2.45, 2.75) is 83.5 Å². The van der Waals surface area contributed by atoms with E-state index in [1.54, 1.807) is 0 Å². The number of esters is 1. The first-order valence-corrected chi connectivity index (χ1v) is 11.2. The van der Waals surface area contributed by atoms with Gasteiger partial charge in [-0.05, 0) is 6.42 Å². The molecule has 0 aliphatic carbocycles. The number of carboxylic acids is 1. The number of hydrogen-bond donors (Lipinski definition) is 1. The average Bonchev–Trinajstić information content (AvgIpc) is 2.43. The van der Waals surface area contributed by atoms with Crippen LogP contribution in [0.3, 0.4) is 0 Å². The first-order valence-electron chi connectivity index (χ1n) is 8.72. The molecule has 1 N–H and O–H groups in total. The largest absolute Gasteiger partial charge is 0.478 e. The fourth-order valence-corrected chi connectivity index (χ4v) is 10.5. The Balaban J connectivity index is 4.19. The molecule has 0 rings (SSSR count). The fraction of sp³-hybridized carbons (Fsp3) is 0.778. The fourth-order valence-electron chi connectivity index (χ4n) is 3.94.